The van der Waals surface area contributed by atoms with Gasteiger partial charge in [-0.2, -0.15) is 0 Å². The van der Waals surface area contributed by atoms with Crippen LogP contribution in [-0.2, 0) is 0 Å². The minimum Gasteiger partial charge on any atom is -0.478 e. The van der Waals surface area contributed by atoms with Crippen molar-refractivity contribution < 1.29 is 18.7 Å². The molecule has 0 spiro atoms. The van der Waals surface area contributed by atoms with Crippen molar-refractivity contribution in [3.05, 3.63) is 65.0 Å². The average molecular weight is 369 g/mol. The third-order valence-corrected chi connectivity index (χ3v) is 3.83. The molecule has 1 aromatic heterocycles. The van der Waals surface area contributed by atoms with Gasteiger partial charge in [0.25, 0.3) is 0 Å². The number of hydrogen-bond acceptors (Lipinski definition) is 4. The number of aromatic carboxylic acids is 1. The summed E-state index contributed by atoms with van der Waals surface area (Å²) in [4.78, 5) is 15.2. The summed E-state index contributed by atoms with van der Waals surface area (Å²) < 4.78 is 26.7. The number of nitrogens with one attached hydrogen (secondary N) is 1. The van der Waals surface area contributed by atoms with Gasteiger partial charge in [0.15, 0.2) is 5.13 Å². The Bertz CT molecular complexity index is 886. The summed E-state index contributed by atoms with van der Waals surface area (Å²) in [6.07, 6.45) is 0. The largest absolute Gasteiger partial charge is 0.478 e. The zero-order valence-electron chi connectivity index (χ0n) is 12.0. The number of benzene rings is 2. The topological polar surface area (TPSA) is 62.2 Å². The van der Waals surface area contributed by atoms with Crippen LogP contribution in [0.1, 0.15) is 10.4 Å². The molecule has 0 radical (unpaired) electrons. The first kappa shape index (κ1) is 17.8. The minimum absolute atomic E-state index is 0. The molecule has 2 aromatic carbocycles. The molecule has 3 aromatic rings. The molecule has 0 saturated heterocycles. The van der Waals surface area contributed by atoms with Crippen LogP contribution >= 0.6 is 23.7 Å². The fourth-order valence-electron chi connectivity index (χ4n) is 2.01. The van der Waals surface area contributed by atoms with Crippen LogP contribution < -0.4 is 5.32 Å². The molecular weight excluding hydrogens is 358 g/mol. The first-order valence-corrected chi connectivity index (χ1v) is 7.42. The molecule has 0 aliphatic carbocycles. The van der Waals surface area contributed by atoms with E-state index in [0.29, 0.717) is 16.5 Å². The van der Waals surface area contributed by atoms with Gasteiger partial charge in [-0.1, -0.05) is 6.07 Å². The van der Waals surface area contributed by atoms with Crippen molar-refractivity contribution in [1.82, 2.24) is 4.98 Å². The highest BCUT2D eigenvalue weighted by Gasteiger charge is 2.11. The fourth-order valence-corrected chi connectivity index (χ4v) is 2.74. The summed E-state index contributed by atoms with van der Waals surface area (Å²) in [6, 6.07) is 9.57. The van der Waals surface area contributed by atoms with E-state index < -0.39 is 17.6 Å². The summed E-state index contributed by atoms with van der Waals surface area (Å²) >= 11 is 1.24. The van der Waals surface area contributed by atoms with Crippen molar-refractivity contribution in [2.75, 3.05) is 5.32 Å². The van der Waals surface area contributed by atoms with Gasteiger partial charge in [0.2, 0.25) is 0 Å². The summed E-state index contributed by atoms with van der Waals surface area (Å²) in [6.45, 7) is 0. The van der Waals surface area contributed by atoms with Crippen molar-refractivity contribution in [2.45, 2.75) is 0 Å². The van der Waals surface area contributed by atoms with Gasteiger partial charge in [0.1, 0.15) is 11.6 Å². The van der Waals surface area contributed by atoms with Crippen LogP contribution in [0.25, 0.3) is 11.3 Å². The number of rotatable bonds is 4. The van der Waals surface area contributed by atoms with Crippen LogP contribution in [0, 0.1) is 11.6 Å². The highest BCUT2D eigenvalue weighted by atomic mass is 35.5. The van der Waals surface area contributed by atoms with E-state index in [2.05, 4.69) is 10.3 Å². The van der Waals surface area contributed by atoms with Crippen molar-refractivity contribution in [3.63, 3.8) is 0 Å². The maximum atomic E-state index is 13.8. The fraction of sp³-hybridized carbons (Fsp3) is 0. The smallest absolute Gasteiger partial charge is 0.335 e. The highest BCUT2D eigenvalue weighted by molar-refractivity contribution is 7.14. The number of thiazole rings is 1. The van der Waals surface area contributed by atoms with Crippen LogP contribution in [0.4, 0.5) is 19.6 Å². The molecule has 0 fully saturated rings. The standard InChI is InChI=1S/C16H10F2N2O2S.ClH/c17-10-4-5-12(13(18)7-10)14-8-23-16(20-14)19-11-3-1-2-9(6-11)15(21)22;/h1-8H,(H,19,20)(H,21,22);1H. The second kappa shape index (κ2) is 7.37. The number of nitrogens with zero attached hydrogens (tertiary/aromatic N) is 1. The van der Waals surface area contributed by atoms with Crippen LogP contribution in [0.2, 0.25) is 0 Å². The maximum absolute atomic E-state index is 13.8. The monoisotopic (exact) mass is 368 g/mol. The Morgan fingerprint density at radius 1 is 1.17 bits per heavy atom. The number of halogens is 3. The van der Waals surface area contributed by atoms with E-state index in [1.165, 1.54) is 35.6 Å². The van der Waals surface area contributed by atoms with Gasteiger partial charge in [-0.05, 0) is 30.3 Å². The Balaban J connectivity index is 0.00000208. The molecule has 0 amide bonds. The van der Waals surface area contributed by atoms with Gasteiger partial charge in [0, 0.05) is 22.7 Å². The quantitative estimate of drug-likeness (QED) is 0.683. The van der Waals surface area contributed by atoms with E-state index in [9.17, 15) is 13.6 Å². The number of anilines is 2. The van der Waals surface area contributed by atoms with E-state index >= 15 is 0 Å². The molecule has 2 N–H and O–H groups in total. The van der Waals surface area contributed by atoms with E-state index in [4.69, 9.17) is 5.11 Å². The third-order valence-electron chi connectivity index (χ3n) is 3.07. The van der Waals surface area contributed by atoms with Gasteiger partial charge in [0.05, 0.1) is 11.3 Å². The lowest BCUT2D eigenvalue weighted by molar-refractivity contribution is 0.0697. The molecule has 1 heterocycles. The Labute approximate surface area is 146 Å². The Hall–Kier alpha value is -2.51. The molecule has 0 aliphatic rings. The van der Waals surface area contributed by atoms with E-state index in [1.807, 2.05) is 0 Å². The first-order chi connectivity index (χ1) is 11.0. The molecule has 124 valence electrons. The molecule has 0 atom stereocenters. The van der Waals surface area contributed by atoms with E-state index in [0.717, 1.165) is 6.07 Å². The lowest BCUT2D eigenvalue weighted by Crippen LogP contribution is -1.97. The second-order valence-corrected chi connectivity index (χ2v) is 5.53. The molecule has 0 bridgehead atoms. The molecule has 0 saturated carbocycles. The van der Waals surface area contributed by atoms with Crippen LogP contribution in [0.5, 0.6) is 0 Å². The van der Waals surface area contributed by atoms with Gasteiger partial charge in [-0.3, -0.25) is 0 Å². The molecule has 24 heavy (non-hydrogen) atoms. The Morgan fingerprint density at radius 2 is 1.96 bits per heavy atom. The zero-order chi connectivity index (χ0) is 16.4. The number of carboxylic acid groups (broad SMARTS) is 1. The van der Waals surface area contributed by atoms with Gasteiger partial charge in [-0.25, -0.2) is 18.6 Å². The van der Waals surface area contributed by atoms with Crippen molar-refractivity contribution in [1.29, 1.82) is 0 Å². The third kappa shape index (κ3) is 3.87. The first-order valence-electron chi connectivity index (χ1n) is 6.54. The molecule has 8 heteroatoms. The summed E-state index contributed by atoms with van der Waals surface area (Å²) in [5.74, 6) is -2.36. The van der Waals surface area contributed by atoms with Gasteiger partial charge >= 0.3 is 5.97 Å². The van der Waals surface area contributed by atoms with Crippen LogP contribution in [0.15, 0.2) is 47.8 Å². The summed E-state index contributed by atoms with van der Waals surface area (Å²) in [5, 5.41) is 14.1. The van der Waals surface area contributed by atoms with E-state index in [1.54, 1.807) is 17.5 Å². The van der Waals surface area contributed by atoms with Crippen molar-refractivity contribution in [2.24, 2.45) is 0 Å². The van der Waals surface area contributed by atoms with Gasteiger partial charge in [-0.15, -0.1) is 23.7 Å². The summed E-state index contributed by atoms with van der Waals surface area (Å²) in [5.41, 5.74) is 1.29. The number of carbonyl (C=O) groups is 1. The molecule has 3 rings (SSSR count). The molecule has 0 unspecified atom stereocenters. The lowest BCUT2D eigenvalue weighted by atomic mass is 10.1. The molecule has 4 nitrogen and oxygen atoms in total. The SMILES string of the molecule is Cl.O=C(O)c1cccc(Nc2nc(-c3ccc(F)cc3F)cs2)c1. The Morgan fingerprint density at radius 3 is 2.67 bits per heavy atom. The minimum atomic E-state index is -1.03. The average Bonchev–Trinajstić information content (AvgIpc) is 2.95. The molecule has 0 aliphatic heterocycles. The highest BCUT2D eigenvalue weighted by Crippen LogP contribution is 2.29. The molecular formula is C16H11ClF2N2O2S. The number of aromatic nitrogens is 1. The summed E-state index contributed by atoms with van der Waals surface area (Å²) in [7, 11) is 0. The maximum Gasteiger partial charge on any atom is 0.335 e. The Kier molecular flexibility index (Phi) is 5.48. The normalized spacial score (nSPS) is 10.1. The van der Waals surface area contributed by atoms with Gasteiger partial charge < -0.3 is 10.4 Å². The van der Waals surface area contributed by atoms with E-state index in [-0.39, 0.29) is 23.5 Å². The van der Waals surface area contributed by atoms with Crippen molar-refractivity contribution in [3.8, 4) is 11.3 Å². The predicted octanol–water partition coefficient (Wildman–Crippen LogP) is 4.95. The zero-order valence-corrected chi connectivity index (χ0v) is 13.6. The lowest BCUT2D eigenvalue weighted by Gasteiger charge is -2.03. The van der Waals surface area contributed by atoms with Crippen LogP contribution in [0.3, 0.4) is 0 Å². The number of hydrogen-bond donors (Lipinski definition) is 2. The predicted molar refractivity (Wildman–Crippen MR) is 91.4 cm³/mol. The second-order valence-electron chi connectivity index (χ2n) is 4.67. The van der Waals surface area contributed by atoms with Crippen molar-refractivity contribution >= 4 is 40.5 Å². The number of carboxylic acids is 1. The van der Waals surface area contributed by atoms with Crippen LogP contribution in [-0.4, -0.2) is 16.1 Å².